The Labute approximate surface area is 165 Å². The normalized spacial score (nSPS) is 15.9. The molecule has 2 aromatic carbocycles. The number of halogens is 1. The van der Waals surface area contributed by atoms with E-state index in [-0.39, 0.29) is 5.91 Å². The number of hydrogen-bond donors (Lipinski definition) is 2. The van der Waals surface area contributed by atoms with Crippen LogP contribution < -0.4 is 10.6 Å². The molecule has 1 aliphatic heterocycles. The number of urea groups is 1. The van der Waals surface area contributed by atoms with Crippen molar-refractivity contribution in [3.8, 4) is 5.69 Å². The summed E-state index contributed by atoms with van der Waals surface area (Å²) < 4.78 is 14.8. The van der Waals surface area contributed by atoms with Gasteiger partial charge in [-0.15, -0.1) is 5.10 Å². The Morgan fingerprint density at radius 1 is 1.07 bits per heavy atom. The van der Waals surface area contributed by atoms with Crippen LogP contribution in [0.5, 0.6) is 0 Å². The number of aromatic nitrogens is 4. The summed E-state index contributed by atoms with van der Waals surface area (Å²) in [4.78, 5) is 26.7. The van der Waals surface area contributed by atoms with Crippen LogP contribution in [0, 0.1) is 5.82 Å². The highest BCUT2D eigenvalue weighted by molar-refractivity contribution is 5.99. The van der Waals surface area contributed by atoms with E-state index in [2.05, 4.69) is 26.2 Å². The molecule has 0 radical (unpaired) electrons. The number of nitrogens with zero attached hydrogens (tertiary/aromatic N) is 5. The highest BCUT2D eigenvalue weighted by Crippen LogP contribution is 2.21. The molecule has 3 aromatic rings. The Bertz CT molecular complexity index is 1010. The van der Waals surface area contributed by atoms with E-state index in [1.165, 1.54) is 34.1 Å². The lowest BCUT2D eigenvalue weighted by Crippen LogP contribution is -2.45. The third-order valence-electron chi connectivity index (χ3n) is 4.64. The number of anilines is 2. The largest absolute Gasteiger partial charge is 0.324 e. The summed E-state index contributed by atoms with van der Waals surface area (Å²) in [6.07, 6.45) is 2.75. The van der Waals surface area contributed by atoms with Crippen LogP contribution in [0.1, 0.15) is 12.8 Å². The lowest BCUT2D eigenvalue weighted by molar-refractivity contribution is -0.119. The van der Waals surface area contributed by atoms with Crippen molar-refractivity contribution in [3.05, 3.63) is 60.7 Å². The van der Waals surface area contributed by atoms with Crippen LogP contribution in [-0.4, -0.2) is 49.6 Å². The lowest BCUT2D eigenvalue weighted by atomic mass is 10.2. The molecule has 3 amide bonds. The molecule has 1 atom stereocenters. The average molecular weight is 395 g/mol. The molecule has 1 aliphatic rings. The Balaban J connectivity index is 1.40. The van der Waals surface area contributed by atoms with Gasteiger partial charge in [-0.25, -0.2) is 13.9 Å². The fourth-order valence-corrected chi connectivity index (χ4v) is 3.25. The number of hydrogen-bond acceptors (Lipinski definition) is 5. The van der Waals surface area contributed by atoms with E-state index in [4.69, 9.17) is 0 Å². The molecule has 1 aromatic heterocycles. The summed E-state index contributed by atoms with van der Waals surface area (Å²) in [6.45, 7) is 0.456. The zero-order valence-electron chi connectivity index (χ0n) is 15.3. The molecule has 10 heteroatoms. The quantitative estimate of drug-likeness (QED) is 0.706. The number of rotatable bonds is 4. The number of amides is 3. The van der Waals surface area contributed by atoms with Crippen LogP contribution in [0.2, 0.25) is 0 Å². The molecule has 1 saturated heterocycles. The summed E-state index contributed by atoms with van der Waals surface area (Å²) in [5, 5.41) is 16.4. The van der Waals surface area contributed by atoms with E-state index < -0.39 is 17.9 Å². The van der Waals surface area contributed by atoms with Gasteiger partial charge in [-0.1, -0.05) is 6.07 Å². The topological polar surface area (TPSA) is 105 Å². The zero-order valence-corrected chi connectivity index (χ0v) is 15.3. The minimum absolute atomic E-state index is 0.271. The highest BCUT2D eigenvalue weighted by atomic mass is 19.1. The molecule has 0 spiro atoms. The van der Waals surface area contributed by atoms with E-state index >= 15 is 0 Å². The molecule has 2 heterocycles. The smallest absolute Gasteiger partial charge is 0.322 e. The van der Waals surface area contributed by atoms with Gasteiger partial charge in [0.2, 0.25) is 5.91 Å². The van der Waals surface area contributed by atoms with Gasteiger partial charge in [0, 0.05) is 17.9 Å². The van der Waals surface area contributed by atoms with Crippen LogP contribution in [-0.2, 0) is 4.79 Å². The molecule has 148 valence electrons. The van der Waals surface area contributed by atoms with Crippen molar-refractivity contribution in [2.75, 3.05) is 17.2 Å². The Kier molecular flexibility index (Phi) is 5.14. The second-order valence-electron chi connectivity index (χ2n) is 6.58. The van der Waals surface area contributed by atoms with Gasteiger partial charge >= 0.3 is 6.03 Å². The maximum Gasteiger partial charge on any atom is 0.322 e. The molecule has 0 aliphatic carbocycles. The van der Waals surface area contributed by atoms with Gasteiger partial charge < -0.3 is 15.5 Å². The maximum absolute atomic E-state index is 13.3. The Morgan fingerprint density at radius 3 is 2.62 bits per heavy atom. The summed E-state index contributed by atoms with van der Waals surface area (Å²) in [5.74, 6) is -0.712. The number of carbonyl (C=O) groups excluding carboxylic acids is 2. The minimum Gasteiger partial charge on any atom is -0.324 e. The SMILES string of the molecule is O=C(Nc1ccc(-n2cnnn2)cc1)[C@H]1CCCN1C(=O)Nc1cccc(F)c1. The second kappa shape index (κ2) is 8.05. The first-order valence-corrected chi connectivity index (χ1v) is 9.07. The van der Waals surface area contributed by atoms with Crippen molar-refractivity contribution >= 4 is 23.3 Å². The summed E-state index contributed by atoms with van der Waals surface area (Å²) >= 11 is 0. The molecule has 29 heavy (non-hydrogen) atoms. The van der Waals surface area contributed by atoms with E-state index in [9.17, 15) is 14.0 Å². The minimum atomic E-state index is -0.595. The first-order chi connectivity index (χ1) is 14.1. The van der Waals surface area contributed by atoms with Crippen LogP contribution in [0.25, 0.3) is 5.69 Å². The molecule has 1 fully saturated rings. The molecule has 4 rings (SSSR count). The first kappa shape index (κ1) is 18.5. The van der Waals surface area contributed by atoms with Gasteiger partial charge in [0.25, 0.3) is 0 Å². The molecule has 0 saturated carbocycles. The summed E-state index contributed by atoms with van der Waals surface area (Å²) in [6, 6.07) is 11.6. The number of benzene rings is 2. The standard InChI is InChI=1S/C19H18FN7O2/c20-13-3-1-4-15(11-13)23-19(29)26-10-2-5-17(26)18(28)22-14-6-8-16(9-7-14)27-12-21-24-25-27/h1,3-4,6-9,11-12,17H,2,5,10H2,(H,22,28)(H,23,29)/t17-/m1/s1. The lowest BCUT2D eigenvalue weighted by Gasteiger charge is -2.24. The molecular weight excluding hydrogens is 377 g/mol. The number of likely N-dealkylation sites (tertiary alicyclic amines) is 1. The number of carbonyl (C=O) groups is 2. The average Bonchev–Trinajstić information content (AvgIpc) is 3.41. The number of nitrogens with one attached hydrogen (secondary N) is 2. The Hall–Kier alpha value is -3.82. The van der Waals surface area contributed by atoms with Gasteiger partial charge in [-0.2, -0.15) is 0 Å². The van der Waals surface area contributed by atoms with Crippen molar-refractivity contribution in [1.82, 2.24) is 25.1 Å². The molecule has 0 bridgehead atoms. The van der Waals surface area contributed by atoms with Gasteiger partial charge in [0.1, 0.15) is 18.2 Å². The van der Waals surface area contributed by atoms with Crippen LogP contribution in [0.15, 0.2) is 54.9 Å². The monoisotopic (exact) mass is 395 g/mol. The summed E-state index contributed by atoms with van der Waals surface area (Å²) in [5.41, 5.74) is 1.70. The zero-order chi connectivity index (χ0) is 20.2. The van der Waals surface area contributed by atoms with Crippen molar-refractivity contribution in [3.63, 3.8) is 0 Å². The van der Waals surface area contributed by atoms with Crippen LogP contribution in [0.3, 0.4) is 0 Å². The molecule has 9 nitrogen and oxygen atoms in total. The third-order valence-corrected chi connectivity index (χ3v) is 4.64. The van der Waals surface area contributed by atoms with E-state index in [1.807, 2.05) is 0 Å². The molecule has 0 unspecified atom stereocenters. The van der Waals surface area contributed by atoms with E-state index in [0.29, 0.717) is 30.8 Å². The van der Waals surface area contributed by atoms with Gasteiger partial charge in [-0.3, -0.25) is 4.79 Å². The third kappa shape index (κ3) is 4.21. The predicted octanol–water partition coefficient (Wildman–Crippen LogP) is 2.44. The van der Waals surface area contributed by atoms with Crippen molar-refractivity contribution in [2.24, 2.45) is 0 Å². The van der Waals surface area contributed by atoms with Crippen molar-refractivity contribution < 1.29 is 14.0 Å². The van der Waals surface area contributed by atoms with Crippen molar-refractivity contribution in [2.45, 2.75) is 18.9 Å². The molecule has 2 N–H and O–H groups in total. The highest BCUT2D eigenvalue weighted by Gasteiger charge is 2.34. The van der Waals surface area contributed by atoms with E-state index in [1.54, 1.807) is 30.3 Å². The second-order valence-corrected chi connectivity index (χ2v) is 6.58. The first-order valence-electron chi connectivity index (χ1n) is 9.07. The molecular formula is C19H18FN7O2. The van der Waals surface area contributed by atoms with Crippen molar-refractivity contribution in [1.29, 1.82) is 0 Å². The number of tetrazole rings is 1. The van der Waals surface area contributed by atoms with Gasteiger partial charge in [0.05, 0.1) is 5.69 Å². The van der Waals surface area contributed by atoms with Gasteiger partial charge in [-0.05, 0) is 65.7 Å². The maximum atomic E-state index is 13.3. The van der Waals surface area contributed by atoms with Crippen LogP contribution >= 0.6 is 0 Å². The fourth-order valence-electron chi connectivity index (χ4n) is 3.25. The summed E-state index contributed by atoms with van der Waals surface area (Å²) in [7, 11) is 0. The van der Waals surface area contributed by atoms with E-state index in [0.717, 1.165) is 5.69 Å². The van der Waals surface area contributed by atoms with Gasteiger partial charge in [0.15, 0.2) is 0 Å². The van der Waals surface area contributed by atoms with Crippen LogP contribution in [0.4, 0.5) is 20.6 Å². The Morgan fingerprint density at radius 2 is 1.90 bits per heavy atom. The fraction of sp³-hybridized carbons (Fsp3) is 0.211. The predicted molar refractivity (Wildman–Crippen MR) is 103 cm³/mol.